The molecule has 0 spiro atoms. The fourth-order valence-electron chi connectivity index (χ4n) is 2.27. The minimum Gasteiger partial charge on any atom is -0.136 e. The minimum atomic E-state index is 0.719. The molecule has 2 aliphatic rings. The lowest BCUT2D eigenvalue weighted by molar-refractivity contribution is 0.802. The Morgan fingerprint density at radius 2 is 1.86 bits per heavy atom. The second kappa shape index (κ2) is 3.09. The first-order valence-electron chi connectivity index (χ1n) is 5.36. The van der Waals surface area contributed by atoms with Crippen LogP contribution < -0.4 is 19.5 Å². The van der Waals surface area contributed by atoms with Gasteiger partial charge in [0, 0.05) is 9.06 Å². The molecule has 1 unspecified atom stereocenters. The number of thiophene rings is 1. The smallest absolute Gasteiger partial charge is 0.0312 e. The molecular weight excluding hydrogens is 188 g/mol. The maximum atomic E-state index is 2.44. The summed E-state index contributed by atoms with van der Waals surface area (Å²) in [7, 11) is 0. The first-order valence-corrected chi connectivity index (χ1v) is 6.17. The zero-order valence-electron chi connectivity index (χ0n) is 8.42. The Labute approximate surface area is 87.6 Å². The van der Waals surface area contributed by atoms with Crippen LogP contribution in [0.2, 0.25) is 0 Å². The molecule has 0 aromatic carbocycles. The fraction of sp³-hybridized carbons (Fsp3) is 0.385. The Kier molecular flexibility index (Phi) is 1.88. The summed E-state index contributed by atoms with van der Waals surface area (Å²) in [6, 6.07) is 0. The molecule has 0 amide bonds. The Morgan fingerprint density at radius 3 is 2.79 bits per heavy atom. The van der Waals surface area contributed by atoms with Crippen molar-refractivity contribution in [2.75, 3.05) is 0 Å². The van der Waals surface area contributed by atoms with Crippen LogP contribution in [0.15, 0.2) is 0 Å². The molecule has 0 fully saturated rings. The van der Waals surface area contributed by atoms with E-state index in [9.17, 15) is 0 Å². The van der Waals surface area contributed by atoms with E-state index in [-0.39, 0.29) is 0 Å². The third-order valence-electron chi connectivity index (χ3n) is 3.01. The summed E-state index contributed by atoms with van der Waals surface area (Å²) in [5, 5.41) is 3.03. The van der Waals surface area contributed by atoms with Gasteiger partial charge in [-0.05, 0) is 35.6 Å². The standard InChI is InChI=1S/C13H14S/c1-9-6-7-13-11(8-9)10-4-2-3-5-12(10)14-13/h4-5,7-9H,2-3,6H2,1H3. The van der Waals surface area contributed by atoms with Crippen LogP contribution in [-0.2, 0) is 0 Å². The molecule has 1 heteroatoms. The third kappa shape index (κ3) is 1.19. The summed E-state index contributed by atoms with van der Waals surface area (Å²) in [6.45, 7) is 2.30. The van der Waals surface area contributed by atoms with Gasteiger partial charge in [-0.25, -0.2) is 0 Å². The van der Waals surface area contributed by atoms with Crippen LogP contribution in [0.3, 0.4) is 0 Å². The fourth-order valence-corrected chi connectivity index (χ4v) is 3.48. The van der Waals surface area contributed by atoms with E-state index < -0.39 is 0 Å². The second-order valence-corrected chi connectivity index (χ2v) is 5.31. The molecule has 14 heavy (non-hydrogen) atoms. The topological polar surface area (TPSA) is 0 Å². The molecule has 0 radical (unpaired) electrons. The van der Waals surface area contributed by atoms with Crippen molar-refractivity contribution in [1.29, 1.82) is 0 Å². The number of rotatable bonds is 0. The highest BCUT2D eigenvalue weighted by Gasteiger charge is 2.06. The predicted molar refractivity (Wildman–Crippen MR) is 63.7 cm³/mol. The maximum absolute atomic E-state index is 2.44. The Hall–Kier alpha value is -0.820. The molecule has 0 N–H and O–H groups in total. The molecule has 0 saturated carbocycles. The number of hydrogen-bond donors (Lipinski definition) is 0. The molecule has 1 atom stereocenters. The first kappa shape index (κ1) is 8.49. The van der Waals surface area contributed by atoms with Crippen molar-refractivity contribution in [1.82, 2.24) is 0 Å². The van der Waals surface area contributed by atoms with Gasteiger partial charge in [0.25, 0.3) is 0 Å². The molecule has 1 aromatic rings. The summed E-state index contributed by atoms with van der Waals surface area (Å²) in [6.07, 6.45) is 13.3. The molecule has 0 saturated heterocycles. The van der Waals surface area contributed by atoms with Crippen LogP contribution in [0.25, 0.3) is 24.3 Å². The van der Waals surface area contributed by atoms with Crippen molar-refractivity contribution in [3.05, 3.63) is 19.5 Å². The van der Waals surface area contributed by atoms with E-state index in [0.717, 1.165) is 5.92 Å². The minimum absolute atomic E-state index is 0.719. The van der Waals surface area contributed by atoms with Gasteiger partial charge in [0.15, 0.2) is 0 Å². The summed E-state index contributed by atoms with van der Waals surface area (Å²) in [5.74, 6) is 0.719. The van der Waals surface area contributed by atoms with Crippen LogP contribution in [0.4, 0.5) is 0 Å². The van der Waals surface area contributed by atoms with E-state index in [1.807, 2.05) is 11.3 Å². The van der Waals surface area contributed by atoms with Gasteiger partial charge in [0.05, 0.1) is 0 Å². The molecule has 1 aromatic heterocycles. The molecule has 3 rings (SSSR count). The van der Waals surface area contributed by atoms with Crippen molar-refractivity contribution < 1.29 is 0 Å². The van der Waals surface area contributed by atoms with Crippen LogP contribution in [0, 0.1) is 5.92 Å². The molecule has 1 heterocycles. The highest BCUT2D eigenvalue weighted by atomic mass is 32.1. The van der Waals surface area contributed by atoms with E-state index >= 15 is 0 Å². The zero-order valence-corrected chi connectivity index (χ0v) is 9.23. The van der Waals surface area contributed by atoms with Gasteiger partial charge in [-0.1, -0.05) is 31.2 Å². The monoisotopic (exact) mass is 202 g/mol. The molecule has 2 aliphatic carbocycles. The SMILES string of the molecule is CC1C=c2c(sc3c2=CCCC=3)=CC1. The summed E-state index contributed by atoms with van der Waals surface area (Å²) < 4.78 is 3.00. The van der Waals surface area contributed by atoms with Crippen molar-refractivity contribution in [2.45, 2.75) is 26.2 Å². The van der Waals surface area contributed by atoms with Crippen LogP contribution in [0.5, 0.6) is 0 Å². The highest BCUT2D eigenvalue weighted by molar-refractivity contribution is 7.07. The summed E-state index contributed by atoms with van der Waals surface area (Å²) in [4.78, 5) is 0. The lowest BCUT2D eigenvalue weighted by Crippen LogP contribution is -2.40. The van der Waals surface area contributed by atoms with Crippen molar-refractivity contribution in [2.24, 2.45) is 5.92 Å². The first-order chi connectivity index (χ1) is 6.84. The molecule has 72 valence electrons. The lowest BCUT2D eigenvalue weighted by Gasteiger charge is -2.04. The summed E-state index contributed by atoms with van der Waals surface area (Å²) >= 11 is 1.97. The van der Waals surface area contributed by atoms with Gasteiger partial charge in [-0.2, -0.15) is 0 Å². The van der Waals surface area contributed by atoms with E-state index in [2.05, 4.69) is 31.2 Å². The Bertz CT molecular complexity index is 586. The van der Waals surface area contributed by atoms with Gasteiger partial charge in [-0.15, -0.1) is 11.3 Å². The highest BCUT2D eigenvalue weighted by Crippen LogP contribution is 2.06. The molecule has 0 nitrogen and oxygen atoms in total. The number of fused-ring (bicyclic) bond motifs is 3. The average molecular weight is 202 g/mol. The number of hydrogen-bond acceptors (Lipinski definition) is 1. The second-order valence-electron chi connectivity index (χ2n) is 4.23. The predicted octanol–water partition coefficient (Wildman–Crippen LogP) is 0.704. The van der Waals surface area contributed by atoms with Crippen molar-refractivity contribution in [3.8, 4) is 0 Å². The van der Waals surface area contributed by atoms with Crippen LogP contribution >= 0.6 is 11.3 Å². The normalized spacial score (nSPS) is 23.4. The van der Waals surface area contributed by atoms with Crippen LogP contribution in [-0.4, -0.2) is 0 Å². The quantitative estimate of drug-likeness (QED) is 0.581. The van der Waals surface area contributed by atoms with Crippen molar-refractivity contribution in [3.63, 3.8) is 0 Å². The van der Waals surface area contributed by atoms with Crippen molar-refractivity contribution >= 4 is 35.6 Å². The Morgan fingerprint density at radius 1 is 1.07 bits per heavy atom. The summed E-state index contributed by atoms with van der Waals surface area (Å²) in [5.41, 5.74) is 0. The molecule has 0 aliphatic heterocycles. The van der Waals surface area contributed by atoms with E-state index in [1.165, 1.54) is 38.8 Å². The van der Waals surface area contributed by atoms with Gasteiger partial charge in [0.2, 0.25) is 0 Å². The van der Waals surface area contributed by atoms with Gasteiger partial charge < -0.3 is 0 Å². The van der Waals surface area contributed by atoms with Gasteiger partial charge >= 0.3 is 0 Å². The van der Waals surface area contributed by atoms with Gasteiger partial charge in [-0.3, -0.25) is 0 Å². The third-order valence-corrected chi connectivity index (χ3v) is 4.23. The zero-order chi connectivity index (χ0) is 9.54. The van der Waals surface area contributed by atoms with E-state index in [1.54, 1.807) is 0 Å². The van der Waals surface area contributed by atoms with Gasteiger partial charge in [0.1, 0.15) is 0 Å². The molecule has 0 bridgehead atoms. The molecular formula is C13H14S. The maximum Gasteiger partial charge on any atom is 0.0312 e. The Balaban J connectivity index is 2.53. The van der Waals surface area contributed by atoms with Crippen LogP contribution in [0.1, 0.15) is 26.2 Å². The largest absolute Gasteiger partial charge is 0.136 e. The average Bonchev–Trinajstić information content (AvgIpc) is 2.56. The van der Waals surface area contributed by atoms with E-state index in [4.69, 9.17) is 0 Å². The lowest BCUT2D eigenvalue weighted by atomic mass is 10.0. The van der Waals surface area contributed by atoms with E-state index in [0.29, 0.717) is 0 Å².